The van der Waals surface area contributed by atoms with Gasteiger partial charge in [-0.05, 0) is 31.1 Å². The number of carbonyl (C=O) groups excluding carboxylic acids is 2. The first-order valence-electron chi connectivity index (χ1n) is 8.54. The predicted octanol–water partition coefficient (Wildman–Crippen LogP) is -0.330. The van der Waals surface area contributed by atoms with E-state index in [1.165, 1.54) is 0 Å². The van der Waals surface area contributed by atoms with Crippen molar-refractivity contribution >= 4 is 17.8 Å². The molecule has 0 saturated carbocycles. The van der Waals surface area contributed by atoms with Gasteiger partial charge in [-0.25, -0.2) is 0 Å². The fourth-order valence-electron chi connectivity index (χ4n) is 2.04. The average molecular weight is 342 g/mol. The molecule has 0 unspecified atom stereocenters. The molecule has 0 aromatic heterocycles. The minimum absolute atomic E-state index is 0.0194. The van der Waals surface area contributed by atoms with Gasteiger partial charge in [0.2, 0.25) is 11.8 Å². The number of nitrogens with one attached hydrogen (secondary N) is 2. The van der Waals surface area contributed by atoms with Crippen LogP contribution in [-0.2, 0) is 9.59 Å². The van der Waals surface area contributed by atoms with Crippen LogP contribution in [0, 0.1) is 11.8 Å². The van der Waals surface area contributed by atoms with Crippen molar-refractivity contribution in [3.05, 3.63) is 0 Å². The van der Waals surface area contributed by atoms with E-state index in [0.717, 1.165) is 6.42 Å². The summed E-state index contributed by atoms with van der Waals surface area (Å²) in [6.07, 6.45) is 1.94. The van der Waals surface area contributed by atoms with E-state index >= 15 is 0 Å². The van der Waals surface area contributed by atoms with Gasteiger partial charge in [0.1, 0.15) is 6.04 Å². The van der Waals surface area contributed by atoms with Crippen LogP contribution in [0.1, 0.15) is 47.0 Å². The first-order chi connectivity index (χ1) is 11.1. The number of guanidine groups is 1. The Kier molecular flexibility index (Phi) is 10.8. The van der Waals surface area contributed by atoms with E-state index in [9.17, 15) is 9.59 Å². The molecule has 0 rings (SSSR count). The Hall–Kier alpha value is -1.83. The molecule has 140 valence electrons. The van der Waals surface area contributed by atoms with Crippen LogP contribution in [0.4, 0.5) is 0 Å². The molecule has 2 amide bonds. The minimum atomic E-state index is -0.691. The maximum Gasteiger partial charge on any atom is 0.242 e. The van der Waals surface area contributed by atoms with Crippen LogP contribution in [0.15, 0.2) is 4.99 Å². The third-order valence-electron chi connectivity index (χ3n) is 3.57. The van der Waals surface area contributed by atoms with Crippen molar-refractivity contribution in [1.29, 1.82) is 0 Å². The van der Waals surface area contributed by atoms with Gasteiger partial charge in [0.25, 0.3) is 0 Å². The maximum atomic E-state index is 12.2. The van der Waals surface area contributed by atoms with E-state index in [4.69, 9.17) is 17.2 Å². The number of amides is 2. The summed E-state index contributed by atoms with van der Waals surface area (Å²) in [6, 6.07) is -1.28. The van der Waals surface area contributed by atoms with Gasteiger partial charge in [-0.3, -0.25) is 14.6 Å². The number of hydrogen-bond donors (Lipinski definition) is 5. The Morgan fingerprint density at radius 1 is 1.04 bits per heavy atom. The molecule has 0 heterocycles. The molecule has 0 aliphatic rings. The lowest BCUT2D eigenvalue weighted by Crippen LogP contribution is -2.54. The summed E-state index contributed by atoms with van der Waals surface area (Å²) >= 11 is 0. The van der Waals surface area contributed by atoms with Crippen LogP contribution in [-0.4, -0.2) is 42.9 Å². The van der Waals surface area contributed by atoms with Gasteiger partial charge in [0, 0.05) is 13.1 Å². The van der Waals surface area contributed by atoms with Gasteiger partial charge in [-0.2, -0.15) is 0 Å². The number of carbonyl (C=O) groups is 2. The second-order valence-electron chi connectivity index (χ2n) is 6.76. The van der Waals surface area contributed by atoms with Gasteiger partial charge in [-0.1, -0.05) is 27.7 Å². The Bertz CT molecular complexity index is 419. The maximum absolute atomic E-state index is 12.2. The topological polar surface area (TPSA) is 149 Å². The van der Waals surface area contributed by atoms with Gasteiger partial charge in [-0.15, -0.1) is 0 Å². The van der Waals surface area contributed by atoms with Crippen LogP contribution in [0.3, 0.4) is 0 Å². The Morgan fingerprint density at radius 3 is 2.17 bits per heavy atom. The molecule has 0 fully saturated rings. The molecule has 2 atom stereocenters. The summed E-state index contributed by atoms with van der Waals surface area (Å²) in [4.78, 5) is 28.3. The Balaban J connectivity index is 4.40. The zero-order valence-electron chi connectivity index (χ0n) is 15.3. The molecular weight excluding hydrogens is 308 g/mol. The molecule has 8 N–H and O–H groups in total. The number of nitrogens with two attached hydrogens (primary N) is 3. The van der Waals surface area contributed by atoms with Crippen molar-refractivity contribution in [2.75, 3.05) is 13.1 Å². The number of nitrogens with zero attached hydrogens (tertiary/aromatic N) is 1. The average Bonchev–Trinajstić information content (AvgIpc) is 2.47. The fourth-order valence-corrected chi connectivity index (χ4v) is 2.04. The van der Waals surface area contributed by atoms with Crippen molar-refractivity contribution < 1.29 is 9.59 Å². The monoisotopic (exact) mass is 342 g/mol. The normalized spacial score (nSPS) is 13.5. The van der Waals surface area contributed by atoms with E-state index in [0.29, 0.717) is 31.8 Å². The summed E-state index contributed by atoms with van der Waals surface area (Å²) in [5, 5.41) is 5.61. The minimum Gasteiger partial charge on any atom is -0.370 e. The van der Waals surface area contributed by atoms with Crippen molar-refractivity contribution in [2.24, 2.45) is 34.0 Å². The lowest BCUT2D eigenvalue weighted by atomic mass is 10.0. The van der Waals surface area contributed by atoms with Crippen LogP contribution < -0.4 is 27.8 Å². The zero-order chi connectivity index (χ0) is 18.7. The number of hydrogen-bond acceptors (Lipinski definition) is 4. The molecule has 0 aliphatic carbocycles. The second-order valence-corrected chi connectivity index (χ2v) is 6.76. The molecule has 0 aromatic carbocycles. The summed E-state index contributed by atoms with van der Waals surface area (Å²) in [5.41, 5.74) is 16.3. The highest BCUT2D eigenvalue weighted by atomic mass is 16.2. The standard InChI is InChI=1S/C16H34N6O2/c1-10(2)7-9-20-15(24)13(11(3)4)22-14(23)12(17)6-5-8-21-16(18)19/h10-13H,5-9,17H2,1-4H3,(H,20,24)(H,22,23)(H4,18,19,21)/t12-,13-/m0/s1. The fraction of sp³-hybridized carbons (Fsp3) is 0.812. The molecule has 0 aliphatic heterocycles. The molecular formula is C16H34N6O2. The molecule has 0 radical (unpaired) electrons. The van der Waals surface area contributed by atoms with Crippen LogP contribution in [0.5, 0.6) is 0 Å². The van der Waals surface area contributed by atoms with Crippen LogP contribution in [0.25, 0.3) is 0 Å². The number of rotatable bonds is 11. The lowest BCUT2D eigenvalue weighted by Gasteiger charge is -2.23. The molecule has 0 aromatic rings. The Labute approximate surface area is 145 Å². The summed E-state index contributed by atoms with van der Waals surface area (Å²) in [6.45, 7) is 8.98. The largest absolute Gasteiger partial charge is 0.370 e. The quantitative estimate of drug-likeness (QED) is 0.198. The summed E-state index contributed by atoms with van der Waals surface area (Å²) in [5.74, 6) is -0.00653. The summed E-state index contributed by atoms with van der Waals surface area (Å²) < 4.78 is 0. The van der Waals surface area contributed by atoms with E-state index in [-0.39, 0.29) is 23.7 Å². The number of aliphatic imine (C=N–C) groups is 1. The van der Waals surface area contributed by atoms with E-state index in [1.54, 1.807) is 0 Å². The molecule has 0 saturated heterocycles. The van der Waals surface area contributed by atoms with Crippen molar-refractivity contribution in [2.45, 2.75) is 59.0 Å². The molecule has 8 nitrogen and oxygen atoms in total. The van der Waals surface area contributed by atoms with Gasteiger partial charge in [0.05, 0.1) is 6.04 Å². The van der Waals surface area contributed by atoms with Crippen molar-refractivity contribution in [3.63, 3.8) is 0 Å². The van der Waals surface area contributed by atoms with E-state index < -0.39 is 12.1 Å². The van der Waals surface area contributed by atoms with Gasteiger partial charge >= 0.3 is 0 Å². The first kappa shape index (κ1) is 22.2. The zero-order valence-corrected chi connectivity index (χ0v) is 15.3. The van der Waals surface area contributed by atoms with Crippen LogP contribution >= 0.6 is 0 Å². The molecule has 24 heavy (non-hydrogen) atoms. The third kappa shape index (κ3) is 10.0. The highest BCUT2D eigenvalue weighted by Gasteiger charge is 2.26. The highest BCUT2D eigenvalue weighted by Crippen LogP contribution is 2.05. The Morgan fingerprint density at radius 2 is 1.67 bits per heavy atom. The van der Waals surface area contributed by atoms with Crippen molar-refractivity contribution in [3.8, 4) is 0 Å². The molecule has 8 heteroatoms. The third-order valence-corrected chi connectivity index (χ3v) is 3.57. The van der Waals surface area contributed by atoms with Gasteiger partial charge < -0.3 is 27.8 Å². The smallest absolute Gasteiger partial charge is 0.242 e. The second kappa shape index (κ2) is 11.7. The van der Waals surface area contributed by atoms with Gasteiger partial charge in [0.15, 0.2) is 5.96 Å². The highest BCUT2D eigenvalue weighted by molar-refractivity contribution is 5.89. The molecule has 0 bridgehead atoms. The predicted molar refractivity (Wildman–Crippen MR) is 97.1 cm³/mol. The lowest BCUT2D eigenvalue weighted by molar-refractivity contribution is -0.130. The first-order valence-corrected chi connectivity index (χ1v) is 8.54. The molecule has 0 spiro atoms. The van der Waals surface area contributed by atoms with Crippen molar-refractivity contribution in [1.82, 2.24) is 10.6 Å². The van der Waals surface area contributed by atoms with E-state index in [2.05, 4.69) is 29.5 Å². The summed E-state index contributed by atoms with van der Waals surface area (Å²) in [7, 11) is 0. The van der Waals surface area contributed by atoms with E-state index in [1.807, 2.05) is 13.8 Å². The SMILES string of the molecule is CC(C)CCNC(=O)[C@@H](NC(=O)[C@@H](N)CCCN=C(N)N)C(C)C. The van der Waals surface area contributed by atoms with Crippen LogP contribution in [0.2, 0.25) is 0 Å².